The van der Waals surface area contributed by atoms with Crippen molar-refractivity contribution in [3.05, 3.63) is 41.1 Å². The first-order valence-corrected chi connectivity index (χ1v) is 7.67. The Morgan fingerprint density at radius 3 is 2.83 bits per heavy atom. The third-order valence-electron chi connectivity index (χ3n) is 3.72. The van der Waals surface area contributed by atoms with Crippen LogP contribution in [0.4, 0.5) is 0 Å². The Labute approximate surface area is 137 Å². The van der Waals surface area contributed by atoms with Crippen LogP contribution in [0, 0.1) is 5.92 Å². The summed E-state index contributed by atoms with van der Waals surface area (Å²) in [6, 6.07) is 7.55. The number of amides is 1. The zero-order valence-electron chi connectivity index (χ0n) is 12.2. The van der Waals surface area contributed by atoms with E-state index in [1.165, 1.54) is 6.07 Å². The molecule has 1 saturated carbocycles. The molecule has 0 radical (unpaired) electrons. The Morgan fingerprint density at radius 1 is 1.39 bits per heavy atom. The minimum atomic E-state index is -1.04. The second-order valence-electron chi connectivity index (χ2n) is 5.63. The summed E-state index contributed by atoms with van der Waals surface area (Å²) in [4.78, 5) is 23.4. The van der Waals surface area contributed by atoms with Crippen LogP contribution in [0.5, 0.6) is 0 Å². The molecule has 0 spiro atoms. The topological polar surface area (TPSA) is 92.4 Å². The fourth-order valence-electron chi connectivity index (χ4n) is 2.30. The van der Waals surface area contributed by atoms with Gasteiger partial charge in [0.05, 0.1) is 0 Å². The summed E-state index contributed by atoms with van der Waals surface area (Å²) in [6.45, 7) is 0. The number of aliphatic carboxylic acids is 1. The Balaban J connectivity index is 1.71. The normalized spacial score (nSPS) is 15.2. The van der Waals surface area contributed by atoms with Gasteiger partial charge in [0.1, 0.15) is 11.7 Å². The minimum absolute atomic E-state index is 0.0259. The van der Waals surface area contributed by atoms with Gasteiger partial charge in [0.15, 0.2) is 0 Å². The molecule has 1 aliphatic rings. The molecule has 1 aromatic carbocycles. The van der Waals surface area contributed by atoms with Crippen LogP contribution in [0.3, 0.4) is 0 Å². The predicted molar refractivity (Wildman–Crippen MR) is 83.2 cm³/mol. The first-order valence-electron chi connectivity index (χ1n) is 7.29. The lowest BCUT2D eigenvalue weighted by Crippen LogP contribution is -2.41. The van der Waals surface area contributed by atoms with Crippen molar-refractivity contribution in [3.63, 3.8) is 0 Å². The molecule has 1 aromatic heterocycles. The highest BCUT2D eigenvalue weighted by atomic mass is 35.5. The Kier molecular flexibility index (Phi) is 4.34. The van der Waals surface area contributed by atoms with E-state index in [9.17, 15) is 14.7 Å². The van der Waals surface area contributed by atoms with Crippen molar-refractivity contribution in [2.45, 2.75) is 25.3 Å². The Hall–Kier alpha value is -2.34. The molecule has 3 rings (SSSR count). The fraction of sp³-hybridized carbons (Fsp3) is 0.312. The van der Waals surface area contributed by atoms with Gasteiger partial charge in [-0.2, -0.15) is 0 Å². The number of halogens is 1. The third-order valence-corrected chi connectivity index (χ3v) is 3.96. The second-order valence-corrected chi connectivity index (χ2v) is 6.07. The maximum absolute atomic E-state index is 12.1. The molecule has 0 saturated heterocycles. The first-order chi connectivity index (χ1) is 11.0. The van der Waals surface area contributed by atoms with Crippen molar-refractivity contribution < 1.29 is 19.2 Å². The van der Waals surface area contributed by atoms with Crippen molar-refractivity contribution in [2.75, 3.05) is 0 Å². The minimum Gasteiger partial charge on any atom is -0.480 e. The highest BCUT2D eigenvalue weighted by Crippen LogP contribution is 2.33. The van der Waals surface area contributed by atoms with Crippen LogP contribution in [-0.4, -0.2) is 28.2 Å². The van der Waals surface area contributed by atoms with E-state index in [2.05, 4.69) is 10.5 Å². The lowest BCUT2D eigenvalue weighted by atomic mass is 10.1. The second kappa shape index (κ2) is 6.42. The van der Waals surface area contributed by atoms with E-state index >= 15 is 0 Å². The van der Waals surface area contributed by atoms with E-state index in [1.807, 2.05) is 0 Å². The SMILES string of the molecule is O=C(NC(CC1CC1)C(=O)O)c1cc(-c2cccc(Cl)c2)no1. The number of benzene rings is 1. The number of carboxylic acid groups (broad SMARTS) is 1. The lowest BCUT2D eigenvalue weighted by Gasteiger charge is -2.12. The van der Waals surface area contributed by atoms with Crippen LogP contribution >= 0.6 is 11.6 Å². The van der Waals surface area contributed by atoms with Gasteiger partial charge in [0.25, 0.3) is 5.91 Å². The molecule has 1 amide bonds. The predicted octanol–water partition coefficient (Wildman–Crippen LogP) is 2.98. The largest absolute Gasteiger partial charge is 0.480 e. The van der Waals surface area contributed by atoms with E-state index in [0.717, 1.165) is 12.8 Å². The average molecular weight is 335 g/mol. The molecular formula is C16H15ClN2O4. The molecule has 1 heterocycles. The number of nitrogens with one attached hydrogen (secondary N) is 1. The van der Waals surface area contributed by atoms with Crippen molar-refractivity contribution in [1.82, 2.24) is 10.5 Å². The van der Waals surface area contributed by atoms with Crippen molar-refractivity contribution in [1.29, 1.82) is 0 Å². The molecule has 6 nitrogen and oxygen atoms in total. The Morgan fingerprint density at radius 2 is 2.17 bits per heavy atom. The number of carbonyl (C=O) groups excluding carboxylic acids is 1. The first kappa shape index (κ1) is 15.6. The van der Waals surface area contributed by atoms with Gasteiger partial charge >= 0.3 is 5.97 Å². The highest BCUT2D eigenvalue weighted by Gasteiger charge is 2.31. The van der Waals surface area contributed by atoms with E-state index in [-0.39, 0.29) is 5.76 Å². The number of hydrogen-bond donors (Lipinski definition) is 2. The molecule has 1 unspecified atom stereocenters. The molecule has 2 N–H and O–H groups in total. The number of rotatable bonds is 6. The van der Waals surface area contributed by atoms with Crippen LogP contribution < -0.4 is 5.32 Å². The quantitative estimate of drug-likeness (QED) is 0.847. The number of nitrogens with zero attached hydrogens (tertiary/aromatic N) is 1. The molecule has 0 bridgehead atoms. The van der Waals surface area contributed by atoms with Gasteiger partial charge in [-0.1, -0.05) is 41.7 Å². The molecule has 1 aliphatic carbocycles. The van der Waals surface area contributed by atoms with E-state index in [1.54, 1.807) is 24.3 Å². The molecule has 2 aromatic rings. The monoisotopic (exact) mass is 334 g/mol. The highest BCUT2D eigenvalue weighted by molar-refractivity contribution is 6.30. The van der Waals surface area contributed by atoms with Crippen LogP contribution in [0.2, 0.25) is 5.02 Å². The van der Waals surface area contributed by atoms with Gasteiger partial charge in [0.2, 0.25) is 5.76 Å². The Bertz CT molecular complexity index is 739. The van der Waals surface area contributed by atoms with Crippen LogP contribution in [0.1, 0.15) is 29.8 Å². The average Bonchev–Trinajstić information content (AvgIpc) is 3.19. The molecule has 7 heteroatoms. The molecule has 1 atom stereocenters. The molecule has 1 fully saturated rings. The molecular weight excluding hydrogens is 320 g/mol. The summed E-state index contributed by atoms with van der Waals surface area (Å²) < 4.78 is 5.02. The summed E-state index contributed by atoms with van der Waals surface area (Å²) in [5.41, 5.74) is 1.18. The van der Waals surface area contributed by atoms with Crippen LogP contribution in [0.25, 0.3) is 11.3 Å². The van der Waals surface area contributed by atoms with E-state index < -0.39 is 17.9 Å². The van der Waals surface area contributed by atoms with Gasteiger partial charge in [0, 0.05) is 16.7 Å². The molecule has 0 aliphatic heterocycles. The summed E-state index contributed by atoms with van der Waals surface area (Å²) >= 11 is 5.92. The van der Waals surface area contributed by atoms with E-state index in [0.29, 0.717) is 28.6 Å². The summed E-state index contributed by atoms with van der Waals surface area (Å²) in [7, 11) is 0. The van der Waals surface area contributed by atoms with Crippen LogP contribution in [0.15, 0.2) is 34.9 Å². The summed E-state index contributed by atoms with van der Waals surface area (Å²) in [5.74, 6) is -1.27. The molecule has 23 heavy (non-hydrogen) atoms. The third kappa shape index (κ3) is 3.90. The van der Waals surface area contributed by atoms with Crippen molar-refractivity contribution in [2.24, 2.45) is 5.92 Å². The van der Waals surface area contributed by atoms with E-state index in [4.69, 9.17) is 16.1 Å². The standard InChI is InChI=1S/C16H15ClN2O4/c17-11-3-1-2-10(7-11)12-8-14(23-19-12)15(20)18-13(16(21)22)6-9-4-5-9/h1-3,7-9,13H,4-6H2,(H,18,20)(H,21,22). The van der Waals surface area contributed by atoms with Gasteiger partial charge in [-0.05, 0) is 24.5 Å². The van der Waals surface area contributed by atoms with Gasteiger partial charge < -0.3 is 14.9 Å². The van der Waals surface area contributed by atoms with Crippen LogP contribution in [-0.2, 0) is 4.79 Å². The zero-order valence-corrected chi connectivity index (χ0v) is 12.9. The zero-order chi connectivity index (χ0) is 16.4. The smallest absolute Gasteiger partial charge is 0.326 e. The number of hydrogen-bond acceptors (Lipinski definition) is 4. The number of carboxylic acids is 1. The van der Waals surface area contributed by atoms with Crippen molar-refractivity contribution >= 4 is 23.5 Å². The maximum Gasteiger partial charge on any atom is 0.326 e. The maximum atomic E-state index is 12.1. The van der Waals surface area contributed by atoms with Gasteiger partial charge in [-0.3, -0.25) is 4.79 Å². The fourth-order valence-corrected chi connectivity index (χ4v) is 2.49. The van der Waals surface area contributed by atoms with Gasteiger partial charge in [-0.25, -0.2) is 4.79 Å². The molecule has 120 valence electrons. The summed E-state index contributed by atoms with van der Waals surface area (Å²) in [6.07, 6.45) is 2.47. The van der Waals surface area contributed by atoms with Gasteiger partial charge in [-0.15, -0.1) is 0 Å². The number of carbonyl (C=O) groups is 2. The summed E-state index contributed by atoms with van der Waals surface area (Å²) in [5, 5.41) is 16.0. The lowest BCUT2D eigenvalue weighted by molar-refractivity contribution is -0.139. The van der Waals surface area contributed by atoms with Crippen molar-refractivity contribution in [3.8, 4) is 11.3 Å². The number of aromatic nitrogens is 1.